The van der Waals surface area contributed by atoms with Crippen molar-refractivity contribution in [2.75, 3.05) is 13.7 Å². The molecule has 0 aromatic heterocycles. The monoisotopic (exact) mass is 325 g/mol. The molecule has 120 valence electrons. The number of methoxy groups -OCH3 is 1. The van der Waals surface area contributed by atoms with E-state index in [1.54, 1.807) is 12.1 Å². The SMILES string of the molecule is CCC(N)Cc1cc(Cl)c(OCCC(F)(F)F)c(OC)c1. The molecule has 0 amide bonds. The van der Waals surface area contributed by atoms with Gasteiger partial charge >= 0.3 is 6.18 Å². The average Bonchev–Trinajstić information content (AvgIpc) is 2.39. The van der Waals surface area contributed by atoms with Gasteiger partial charge in [0.2, 0.25) is 0 Å². The van der Waals surface area contributed by atoms with Gasteiger partial charge in [0.15, 0.2) is 11.5 Å². The minimum absolute atomic E-state index is 0.0113. The maximum Gasteiger partial charge on any atom is 0.392 e. The van der Waals surface area contributed by atoms with E-state index >= 15 is 0 Å². The molecule has 0 heterocycles. The molecule has 0 aliphatic heterocycles. The van der Waals surface area contributed by atoms with Gasteiger partial charge < -0.3 is 15.2 Å². The minimum atomic E-state index is -4.27. The molecule has 0 aliphatic carbocycles. The Hall–Kier alpha value is -1.14. The molecule has 0 spiro atoms. The van der Waals surface area contributed by atoms with Gasteiger partial charge in [-0.3, -0.25) is 0 Å². The van der Waals surface area contributed by atoms with Gasteiger partial charge in [-0.2, -0.15) is 13.2 Å². The second-order valence-electron chi connectivity index (χ2n) is 4.70. The van der Waals surface area contributed by atoms with Crippen LogP contribution in [0.4, 0.5) is 13.2 Å². The van der Waals surface area contributed by atoms with Crippen molar-refractivity contribution in [3.05, 3.63) is 22.7 Å². The van der Waals surface area contributed by atoms with Crippen LogP contribution in [-0.2, 0) is 6.42 Å². The highest BCUT2D eigenvalue weighted by Crippen LogP contribution is 2.37. The summed E-state index contributed by atoms with van der Waals surface area (Å²) in [5, 5.41) is 0.217. The maximum absolute atomic E-state index is 12.1. The zero-order valence-electron chi connectivity index (χ0n) is 12.0. The van der Waals surface area contributed by atoms with Crippen LogP contribution < -0.4 is 15.2 Å². The van der Waals surface area contributed by atoms with Crippen molar-refractivity contribution < 1.29 is 22.6 Å². The fourth-order valence-corrected chi connectivity index (χ4v) is 2.03. The fraction of sp³-hybridized carbons (Fsp3) is 0.571. The molecule has 1 unspecified atom stereocenters. The Morgan fingerprint density at radius 1 is 1.33 bits per heavy atom. The quantitative estimate of drug-likeness (QED) is 0.825. The molecule has 0 saturated heterocycles. The molecule has 0 aliphatic rings. The van der Waals surface area contributed by atoms with Crippen molar-refractivity contribution in [2.24, 2.45) is 5.73 Å². The standard InChI is InChI=1S/C14H19ClF3NO2/c1-3-10(19)6-9-7-11(15)13(12(8-9)20-2)21-5-4-14(16,17)18/h7-8,10H,3-6,19H2,1-2H3. The van der Waals surface area contributed by atoms with E-state index in [4.69, 9.17) is 26.8 Å². The Labute approximate surface area is 127 Å². The number of halogens is 4. The summed E-state index contributed by atoms with van der Waals surface area (Å²) in [6.07, 6.45) is -3.90. The lowest BCUT2D eigenvalue weighted by Gasteiger charge is -2.16. The lowest BCUT2D eigenvalue weighted by molar-refractivity contribution is -0.139. The number of rotatable bonds is 7. The molecule has 0 saturated carbocycles. The number of hydrogen-bond acceptors (Lipinski definition) is 3. The molecule has 0 radical (unpaired) electrons. The molecule has 1 aromatic rings. The summed E-state index contributed by atoms with van der Waals surface area (Å²) >= 11 is 6.06. The number of alkyl halides is 3. The average molecular weight is 326 g/mol. The molecule has 1 aromatic carbocycles. The first kappa shape index (κ1) is 17.9. The first-order valence-electron chi connectivity index (χ1n) is 6.58. The van der Waals surface area contributed by atoms with Gasteiger partial charge in [0.05, 0.1) is 25.2 Å². The summed E-state index contributed by atoms with van der Waals surface area (Å²) in [5.74, 6) is 0.431. The topological polar surface area (TPSA) is 44.5 Å². The fourth-order valence-electron chi connectivity index (χ4n) is 1.75. The van der Waals surface area contributed by atoms with Crippen molar-refractivity contribution in [1.29, 1.82) is 0 Å². The molecule has 7 heteroatoms. The van der Waals surface area contributed by atoms with Crippen LogP contribution in [0.1, 0.15) is 25.3 Å². The van der Waals surface area contributed by atoms with Gasteiger partial charge in [0.1, 0.15) is 0 Å². The number of nitrogens with two attached hydrogens (primary N) is 1. The lowest BCUT2D eigenvalue weighted by atomic mass is 10.0. The molecular formula is C14H19ClF3NO2. The highest BCUT2D eigenvalue weighted by Gasteiger charge is 2.27. The van der Waals surface area contributed by atoms with Crippen LogP contribution in [-0.4, -0.2) is 25.9 Å². The highest BCUT2D eigenvalue weighted by molar-refractivity contribution is 6.32. The largest absolute Gasteiger partial charge is 0.493 e. The van der Waals surface area contributed by atoms with Gasteiger partial charge in [-0.05, 0) is 30.5 Å². The minimum Gasteiger partial charge on any atom is -0.493 e. The van der Waals surface area contributed by atoms with E-state index in [2.05, 4.69) is 0 Å². The number of ether oxygens (including phenoxy) is 2. The van der Waals surface area contributed by atoms with E-state index in [0.29, 0.717) is 12.2 Å². The second-order valence-corrected chi connectivity index (χ2v) is 5.10. The van der Waals surface area contributed by atoms with Gasteiger partial charge in [-0.1, -0.05) is 18.5 Å². The van der Waals surface area contributed by atoms with E-state index in [9.17, 15) is 13.2 Å². The summed E-state index contributed by atoms with van der Waals surface area (Å²) in [7, 11) is 1.41. The van der Waals surface area contributed by atoms with Gasteiger partial charge in [-0.25, -0.2) is 0 Å². The van der Waals surface area contributed by atoms with Crippen molar-refractivity contribution in [3.63, 3.8) is 0 Å². The van der Waals surface area contributed by atoms with Crippen LogP contribution in [0.25, 0.3) is 0 Å². The maximum atomic E-state index is 12.1. The predicted octanol–water partition coefficient (Wildman–Crippen LogP) is 3.96. The molecule has 3 nitrogen and oxygen atoms in total. The number of hydrogen-bond donors (Lipinski definition) is 1. The van der Waals surface area contributed by atoms with Crippen molar-refractivity contribution >= 4 is 11.6 Å². The predicted molar refractivity (Wildman–Crippen MR) is 76.1 cm³/mol. The van der Waals surface area contributed by atoms with Crippen LogP contribution in [0.15, 0.2) is 12.1 Å². The van der Waals surface area contributed by atoms with Gasteiger partial charge in [0.25, 0.3) is 0 Å². The first-order chi connectivity index (χ1) is 9.76. The van der Waals surface area contributed by atoms with Crippen molar-refractivity contribution in [2.45, 2.75) is 38.4 Å². The lowest BCUT2D eigenvalue weighted by Crippen LogP contribution is -2.21. The molecule has 2 N–H and O–H groups in total. The van der Waals surface area contributed by atoms with Crippen LogP contribution in [0, 0.1) is 0 Å². The Morgan fingerprint density at radius 2 is 2.00 bits per heavy atom. The van der Waals surface area contributed by atoms with Crippen LogP contribution in [0.5, 0.6) is 11.5 Å². The first-order valence-corrected chi connectivity index (χ1v) is 6.96. The molecule has 1 rings (SSSR count). The van der Waals surface area contributed by atoms with Gasteiger partial charge in [0, 0.05) is 6.04 Å². The smallest absolute Gasteiger partial charge is 0.392 e. The van der Waals surface area contributed by atoms with Crippen molar-refractivity contribution in [3.8, 4) is 11.5 Å². The normalized spacial score (nSPS) is 13.1. The molecule has 0 fully saturated rings. The zero-order valence-corrected chi connectivity index (χ0v) is 12.7. The third kappa shape index (κ3) is 6.01. The van der Waals surface area contributed by atoms with E-state index < -0.39 is 19.2 Å². The Morgan fingerprint density at radius 3 is 2.52 bits per heavy atom. The van der Waals surface area contributed by atoms with Gasteiger partial charge in [-0.15, -0.1) is 0 Å². The molecule has 21 heavy (non-hydrogen) atoms. The Balaban J connectivity index is 2.84. The van der Waals surface area contributed by atoms with Crippen molar-refractivity contribution in [1.82, 2.24) is 0 Å². The number of benzene rings is 1. The summed E-state index contributed by atoms with van der Waals surface area (Å²) in [4.78, 5) is 0. The Bertz CT molecular complexity index is 466. The summed E-state index contributed by atoms with van der Waals surface area (Å²) < 4.78 is 46.6. The van der Waals surface area contributed by atoms with E-state index in [1.165, 1.54) is 7.11 Å². The van der Waals surface area contributed by atoms with Crippen LogP contribution in [0.3, 0.4) is 0 Å². The van der Waals surface area contributed by atoms with Crippen LogP contribution in [0.2, 0.25) is 5.02 Å². The second kappa shape index (κ2) is 7.75. The van der Waals surface area contributed by atoms with E-state index in [1.807, 2.05) is 6.92 Å². The third-order valence-electron chi connectivity index (χ3n) is 2.94. The molecule has 0 bridgehead atoms. The summed E-state index contributed by atoms with van der Waals surface area (Å²) in [5.41, 5.74) is 6.73. The molecular weight excluding hydrogens is 307 g/mol. The third-order valence-corrected chi connectivity index (χ3v) is 3.22. The summed E-state index contributed by atoms with van der Waals surface area (Å²) in [6.45, 7) is 1.46. The highest BCUT2D eigenvalue weighted by atomic mass is 35.5. The van der Waals surface area contributed by atoms with E-state index in [0.717, 1.165) is 12.0 Å². The van der Waals surface area contributed by atoms with Crippen LogP contribution >= 0.6 is 11.6 Å². The van der Waals surface area contributed by atoms with E-state index in [-0.39, 0.29) is 16.8 Å². The summed E-state index contributed by atoms with van der Waals surface area (Å²) in [6, 6.07) is 3.31. The molecule has 1 atom stereocenters. The zero-order chi connectivity index (χ0) is 16.0. The Kier molecular flexibility index (Phi) is 6.61.